The number of rotatable bonds is 8. The number of likely N-dealkylation sites (tertiary alicyclic amines) is 1. The molecule has 0 bridgehead atoms. The maximum absolute atomic E-state index is 12.3. The van der Waals surface area contributed by atoms with Crippen molar-refractivity contribution in [2.75, 3.05) is 32.1 Å². The van der Waals surface area contributed by atoms with Crippen LogP contribution >= 0.6 is 0 Å². The first kappa shape index (κ1) is 19.7. The van der Waals surface area contributed by atoms with Crippen molar-refractivity contribution in [2.24, 2.45) is 5.92 Å². The molecule has 4 nitrogen and oxygen atoms in total. The van der Waals surface area contributed by atoms with Gasteiger partial charge < -0.3 is 15.0 Å². The quantitative estimate of drug-likeness (QED) is 0.717. The maximum Gasteiger partial charge on any atom is 0.224 e. The average molecular weight is 369 g/mol. The molecule has 1 aromatic rings. The van der Waals surface area contributed by atoms with E-state index in [9.17, 15) is 4.79 Å². The molecule has 1 aromatic carbocycles. The van der Waals surface area contributed by atoms with Crippen LogP contribution in [0.3, 0.4) is 0 Å². The zero-order valence-electron chi connectivity index (χ0n) is 16.5. The Hall–Kier alpha value is -2.07. The van der Waals surface area contributed by atoms with Crippen molar-refractivity contribution < 1.29 is 9.53 Å². The molecule has 27 heavy (non-hydrogen) atoms. The summed E-state index contributed by atoms with van der Waals surface area (Å²) >= 11 is 0. The molecule has 1 aliphatic carbocycles. The molecule has 0 spiro atoms. The number of ether oxygens (including phenoxy) is 1. The van der Waals surface area contributed by atoms with Gasteiger partial charge in [-0.3, -0.25) is 4.79 Å². The summed E-state index contributed by atoms with van der Waals surface area (Å²) in [7, 11) is 1.64. The van der Waals surface area contributed by atoms with E-state index < -0.39 is 0 Å². The molecule has 0 aromatic heterocycles. The molecule has 3 rings (SSSR count). The highest BCUT2D eigenvalue weighted by Gasteiger charge is 2.21. The number of amides is 1. The number of piperidine rings is 1. The number of benzene rings is 1. The summed E-state index contributed by atoms with van der Waals surface area (Å²) in [6.07, 6.45) is 14.7. The van der Waals surface area contributed by atoms with Gasteiger partial charge in [-0.2, -0.15) is 0 Å². The number of carbonyl (C=O) groups excluding carboxylic acids is 1. The molecule has 1 fully saturated rings. The molecule has 1 amide bonds. The van der Waals surface area contributed by atoms with Crippen molar-refractivity contribution in [1.82, 2.24) is 4.90 Å². The second kappa shape index (κ2) is 10.3. The van der Waals surface area contributed by atoms with Crippen molar-refractivity contribution in [3.8, 4) is 5.75 Å². The van der Waals surface area contributed by atoms with Gasteiger partial charge in [0.05, 0.1) is 7.11 Å². The molecule has 1 aliphatic heterocycles. The monoisotopic (exact) mass is 368 g/mol. The fourth-order valence-corrected chi connectivity index (χ4v) is 3.92. The van der Waals surface area contributed by atoms with Crippen molar-refractivity contribution in [3.63, 3.8) is 0 Å². The molecule has 0 unspecified atom stereocenters. The van der Waals surface area contributed by atoms with Gasteiger partial charge in [-0.05, 0) is 88.3 Å². The molecule has 0 radical (unpaired) electrons. The molecule has 1 saturated heterocycles. The van der Waals surface area contributed by atoms with Gasteiger partial charge in [0.25, 0.3) is 0 Å². The summed E-state index contributed by atoms with van der Waals surface area (Å²) in [5.74, 6) is 1.43. The van der Waals surface area contributed by atoms with Gasteiger partial charge in [-0.1, -0.05) is 23.8 Å². The highest BCUT2D eigenvalue weighted by Crippen LogP contribution is 2.23. The first-order chi connectivity index (χ1) is 13.2. The predicted octanol–water partition coefficient (Wildman–Crippen LogP) is 4.79. The minimum Gasteiger partial charge on any atom is -0.497 e. The lowest BCUT2D eigenvalue weighted by molar-refractivity contribution is -0.117. The number of methoxy groups -OCH3 is 1. The van der Waals surface area contributed by atoms with Gasteiger partial charge in [0, 0.05) is 12.1 Å². The third kappa shape index (κ3) is 6.55. The number of hydrogen-bond donors (Lipinski definition) is 1. The largest absolute Gasteiger partial charge is 0.497 e. The lowest BCUT2D eigenvalue weighted by Crippen LogP contribution is -2.35. The van der Waals surface area contributed by atoms with Gasteiger partial charge in [0.1, 0.15) is 5.75 Å². The molecule has 4 heteroatoms. The van der Waals surface area contributed by atoms with Crippen molar-refractivity contribution in [3.05, 3.63) is 48.1 Å². The standard InChI is InChI=1S/C23H32N2O2/c1-27-22-11-9-21(10-12-22)24-23(26)18-20-13-16-25(17-14-20)15-5-8-19-6-3-2-4-7-19/h3,6-7,9-12,20H,2,4-5,8,13-18H2,1H3,(H,24,26). The summed E-state index contributed by atoms with van der Waals surface area (Å²) in [5.41, 5.74) is 2.34. The maximum atomic E-state index is 12.3. The SMILES string of the molecule is COc1ccc(NC(=O)CC2CCN(CCCC3=CCCC=C3)CC2)cc1. The first-order valence-electron chi connectivity index (χ1n) is 10.2. The zero-order valence-corrected chi connectivity index (χ0v) is 16.5. The number of nitrogens with zero attached hydrogens (tertiary/aromatic N) is 1. The van der Waals surface area contributed by atoms with Crippen LogP contribution in [0.25, 0.3) is 0 Å². The van der Waals surface area contributed by atoms with E-state index in [1.807, 2.05) is 24.3 Å². The van der Waals surface area contributed by atoms with Crippen molar-refractivity contribution >= 4 is 11.6 Å². The van der Waals surface area contributed by atoms with Crippen molar-refractivity contribution in [1.29, 1.82) is 0 Å². The lowest BCUT2D eigenvalue weighted by atomic mass is 9.93. The molecular formula is C23H32N2O2. The summed E-state index contributed by atoms with van der Waals surface area (Å²) in [6.45, 7) is 3.42. The highest BCUT2D eigenvalue weighted by atomic mass is 16.5. The van der Waals surface area contributed by atoms with Crippen LogP contribution in [0.4, 0.5) is 5.69 Å². The number of anilines is 1. The first-order valence-corrected chi connectivity index (χ1v) is 10.2. The van der Waals surface area contributed by atoms with Gasteiger partial charge in [-0.15, -0.1) is 0 Å². The van der Waals surface area contributed by atoms with Gasteiger partial charge in [0.15, 0.2) is 0 Å². The van der Waals surface area contributed by atoms with E-state index in [1.54, 1.807) is 7.11 Å². The van der Waals surface area contributed by atoms with Gasteiger partial charge >= 0.3 is 0 Å². The summed E-state index contributed by atoms with van der Waals surface area (Å²) in [4.78, 5) is 14.9. The van der Waals surface area contributed by atoms with E-state index in [2.05, 4.69) is 28.4 Å². The topological polar surface area (TPSA) is 41.6 Å². The molecule has 146 valence electrons. The summed E-state index contributed by atoms with van der Waals surface area (Å²) in [6, 6.07) is 7.51. The number of carbonyl (C=O) groups is 1. The smallest absolute Gasteiger partial charge is 0.224 e. The summed E-state index contributed by atoms with van der Waals surface area (Å²) in [5, 5.41) is 3.00. The van der Waals surface area contributed by atoms with Gasteiger partial charge in [0.2, 0.25) is 5.91 Å². The van der Waals surface area contributed by atoms with Gasteiger partial charge in [-0.25, -0.2) is 0 Å². The van der Waals surface area contributed by atoms with E-state index in [4.69, 9.17) is 4.74 Å². The fourth-order valence-electron chi connectivity index (χ4n) is 3.92. The Morgan fingerprint density at radius 2 is 1.96 bits per heavy atom. The van der Waals surface area contributed by atoms with E-state index in [-0.39, 0.29) is 5.91 Å². The fraction of sp³-hybridized carbons (Fsp3) is 0.522. The number of hydrogen-bond acceptors (Lipinski definition) is 3. The second-order valence-electron chi connectivity index (χ2n) is 7.63. The summed E-state index contributed by atoms with van der Waals surface area (Å²) < 4.78 is 5.14. The van der Waals surface area contributed by atoms with Crippen LogP contribution in [0.5, 0.6) is 5.75 Å². The Balaban J connectivity index is 1.32. The normalized spacial score (nSPS) is 18.2. The zero-order chi connectivity index (χ0) is 18.9. The van der Waals surface area contributed by atoms with Crippen LogP contribution in [0, 0.1) is 5.92 Å². The lowest BCUT2D eigenvalue weighted by Gasteiger charge is -2.31. The molecule has 1 N–H and O–H groups in total. The third-order valence-electron chi connectivity index (χ3n) is 5.57. The molecule has 0 saturated carbocycles. The predicted molar refractivity (Wildman–Crippen MR) is 111 cm³/mol. The highest BCUT2D eigenvalue weighted by molar-refractivity contribution is 5.90. The van der Waals surface area contributed by atoms with E-state index >= 15 is 0 Å². The van der Waals surface area contributed by atoms with E-state index in [0.29, 0.717) is 12.3 Å². The average Bonchev–Trinajstić information content (AvgIpc) is 2.71. The molecular weight excluding hydrogens is 336 g/mol. The Kier molecular flexibility index (Phi) is 7.52. The van der Waals surface area contributed by atoms with Crippen LogP contribution in [0.2, 0.25) is 0 Å². The van der Waals surface area contributed by atoms with Crippen LogP contribution in [-0.2, 0) is 4.79 Å². The minimum absolute atomic E-state index is 0.120. The Labute approximate surface area is 163 Å². The van der Waals surface area contributed by atoms with Crippen molar-refractivity contribution in [2.45, 2.75) is 44.9 Å². The van der Waals surface area contributed by atoms with E-state index in [1.165, 1.54) is 37.8 Å². The molecule has 2 aliphatic rings. The Morgan fingerprint density at radius 1 is 1.19 bits per heavy atom. The second-order valence-corrected chi connectivity index (χ2v) is 7.63. The minimum atomic E-state index is 0.120. The van der Waals surface area contributed by atoms with E-state index in [0.717, 1.165) is 37.4 Å². The Morgan fingerprint density at radius 3 is 2.63 bits per heavy atom. The number of allylic oxidation sites excluding steroid dienone is 4. The van der Waals surface area contributed by atoms with Crippen LogP contribution < -0.4 is 10.1 Å². The molecule has 1 heterocycles. The van der Waals surface area contributed by atoms with Crippen LogP contribution in [-0.4, -0.2) is 37.6 Å². The Bertz CT molecular complexity index is 655. The van der Waals surface area contributed by atoms with Crippen LogP contribution in [0.15, 0.2) is 48.1 Å². The molecule has 0 atom stereocenters. The third-order valence-corrected chi connectivity index (χ3v) is 5.57. The van der Waals surface area contributed by atoms with Crippen LogP contribution in [0.1, 0.15) is 44.9 Å². The number of nitrogens with one attached hydrogen (secondary N) is 1.